The molecule has 0 bridgehead atoms. The highest BCUT2D eigenvalue weighted by Crippen LogP contribution is 2.29. The van der Waals surface area contributed by atoms with E-state index in [4.69, 9.17) is 4.74 Å². The Bertz CT molecular complexity index is 302. The summed E-state index contributed by atoms with van der Waals surface area (Å²) in [5.41, 5.74) is 3.99. The zero-order chi connectivity index (χ0) is 10.6. The van der Waals surface area contributed by atoms with Crippen LogP contribution < -0.4 is 4.74 Å². The van der Waals surface area contributed by atoms with Gasteiger partial charge in [-0.15, -0.1) is 0 Å². The van der Waals surface area contributed by atoms with Gasteiger partial charge in [-0.05, 0) is 25.0 Å². The van der Waals surface area contributed by atoms with E-state index in [0.29, 0.717) is 0 Å². The molecular formula is C13H20O. The minimum absolute atomic E-state index is 0.861. The van der Waals surface area contributed by atoms with Gasteiger partial charge in [0, 0.05) is 6.42 Å². The fourth-order valence-corrected chi connectivity index (χ4v) is 1.70. The maximum absolute atomic E-state index is 5.48. The molecule has 1 aliphatic rings. The summed E-state index contributed by atoms with van der Waals surface area (Å²) in [6.45, 7) is 9.35. The van der Waals surface area contributed by atoms with E-state index in [1.807, 2.05) is 0 Å². The molecule has 0 atom stereocenters. The molecule has 1 nitrogen and oxygen atoms in total. The summed E-state index contributed by atoms with van der Waals surface area (Å²) >= 11 is 0. The molecule has 0 saturated heterocycles. The number of aryl methyl sites for hydroxylation is 2. The predicted molar refractivity (Wildman–Crippen MR) is 61.1 cm³/mol. The average Bonchev–Trinajstić information content (AvgIpc) is 2.53. The standard InChI is InChI=1S/C10H12O.C3H8/c1-7-5-8(2)10-9(6-7)3-4-11-10;1-3-2/h5-6H,3-4H2,1-2H3;3H2,1-2H3. The van der Waals surface area contributed by atoms with Crippen molar-refractivity contribution in [3.05, 3.63) is 28.8 Å². The van der Waals surface area contributed by atoms with Crippen molar-refractivity contribution < 1.29 is 4.74 Å². The topological polar surface area (TPSA) is 9.23 Å². The molecule has 0 N–H and O–H groups in total. The number of hydrogen-bond acceptors (Lipinski definition) is 1. The van der Waals surface area contributed by atoms with Gasteiger partial charge in [-0.1, -0.05) is 38.0 Å². The van der Waals surface area contributed by atoms with E-state index in [1.165, 1.54) is 23.1 Å². The number of rotatable bonds is 0. The number of hydrogen-bond donors (Lipinski definition) is 0. The summed E-state index contributed by atoms with van der Waals surface area (Å²) < 4.78 is 5.48. The van der Waals surface area contributed by atoms with Crippen molar-refractivity contribution in [1.82, 2.24) is 0 Å². The van der Waals surface area contributed by atoms with Gasteiger partial charge in [-0.2, -0.15) is 0 Å². The van der Waals surface area contributed by atoms with Gasteiger partial charge in [0.2, 0.25) is 0 Å². The Hall–Kier alpha value is -0.980. The quantitative estimate of drug-likeness (QED) is 0.609. The normalized spacial score (nSPS) is 12.6. The van der Waals surface area contributed by atoms with Crippen LogP contribution in [0.1, 0.15) is 37.0 Å². The molecule has 1 aromatic rings. The molecule has 0 saturated carbocycles. The van der Waals surface area contributed by atoms with Crippen LogP contribution in [-0.4, -0.2) is 6.61 Å². The molecule has 0 aromatic heterocycles. The summed E-state index contributed by atoms with van der Waals surface area (Å²) in [6.07, 6.45) is 2.33. The Morgan fingerprint density at radius 1 is 1.21 bits per heavy atom. The van der Waals surface area contributed by atoms with Gasteiger partial charge < -0.3 is 4.74 Å². The fraction of sp³-hybridized carbons (Fsp3) is 0.538. The minimum Gasteiger partial charge on any atom is -0.493 e. The summed E-state index contributed by atoms with van der Waals surface area (Å²) in [5, 5.41) is 0. The Balaban J connectivity index is 0.000000293. The van der Waals surface area contributed by atoms with Crippen LogP contribution in [-0.2, 0) is 6.42 Å². The van der Waals surface area contributed by atoms with Gasteiger partial charge in [-0.25, -0.2) is 0 Å². The first-order valence-electron chi connectivity index (χ1n) is 5.42. The molecule has 1 aliphatic heterocycles. The Kier molecular flexibility index (Phi) is 3.99. The molecule has 0 spiro atoms. The molecule has 0 amide bonds. The van der Waals surface area contributed by atoms with Gasteiger partial charge in [0.25, 0.3) is 0 Å². The monoisotopic (exact) mass is 192 g/mol. The van der Waals surface area contributed by atoms with Gasteiger partial charge >= 0.3 is 0 Å². The maximum atomic E-state index is 5.48. The first kappa shape index (κ1) is 11.1. The van der Waals surface area contributed by atoms with Crippen LogP contribution in [0.2, 0.25) is 0 Å². The summed E-state index contributed by atoms with van der Waals surface area (Å²) in [4.78, 5) is 0. The third kappa shape index (κ3) is 2.50. The van der Waals surface area contributed by atoms with E-state index in [2.05, 4.69) is 39.8 Å². The van der Waals surface area contributed by atoms with E-state index < -0.39 is 0 Å². The third-order valence-corrected chi connectivity index (χ3v) is 2.11. The van der Waals surface area contributed by atoms with Crippen LogP contribution >= 0.6 is 0 Å². The second-order valence-corrected chi connectivity index (χ2v) is 3.88. The smallest absolute Gasteiger partial charge is 0.125 e. The second kappa shape index (κ2) is 5.04. The lowest BCUT2D eigenvalue weighted by Gasteiger charge is -2.03. The highest BCUT2D eigenvalue weighted by molar-refractivity contribution is 5.45. The zero-order valence-corrected chi connectivity index (χ0v) is 9.68. The van der Waals surface area contributed by atoms with Crippen LogP contribution in [0, 0.1) is 13.8 Å². The molecule has 78 valence electrons. The molecule has 2 rings (SSSR count). The van der Waals surface area contributed by atoms with Crippen molar-refractivity contribution in [2.75, 3.05) is 6.61 Å². The van der Waals surface area contributed by atoms with Gasteiger partial charge in [0.1, 0.15) is 5.75 Å². The maximum Gasteiger partial charge on any atom is 0.125 e. The molecule has 0 unspecified atom stereocenters. The summed E-state index contributed by atoms with van der Waals surface area (Å²) in [7, 11) is 0. The third-order valence-electron chi connectivity index (χ3n) is 2.11. The lowest BCUT2D eigenvalue weighted by molar-refractivity contribution is 0.354. The molecule has 1 heterocycles. The SMILES string of the molecule is CCC.Cc1cc(C)c2c(c1)CCO2. The van der Waals surface area contributed by atoms with Crippen LogP contribution in [0.5, 0.6) is 5.75 Å². The highest BCUT2D eigenvalue weighted by atomic mass is 16.5. The lowest BCUT2D eigenvalue weighted by Crippen LogP contribution is -1.87. The molecule has 0 fully saturated rings. The van der Waals surface area contributed by atoms with Crippen molar-refractivity contribution in [1.29, 1.82) is 0 Å². The molecule has 1 heteroatoms. The van der Waals surface area contributed by atoms with E-state index in [-0.39, 0.29) is 0 Å². The van der Waals surface area contributed by atoms with Crippen molar-refractivity contribution in [3.8, 4) is 5.75 Å². The predicted octanol–water partition coefficient (Wildman–Crippen LogP) is 3.65. The first-order valence-corrected chi connectivity index (χ1v) is 5.42. The van der Waals surface area contributed by atoms with Crippen molar-refractivity contribution in [2.45, 2.75) is 40.5 Å². The molecular weight excluding hydrogens is 172 g/mol. The highest BCUT2D eigenvalue weighted by Gasteiger charge is 2.13. The Morgan fingerprint density at radius 3 is 2.50 bits per heavy atom. The van der Waals surface area contributed by atoms with Crippen molar-refractivity contribution >= 4 is 0 Å². The van der Waals surface area contributed by atoms with Gasteiger partial charge in [0.05, 0.1) is 6.61 Å². The van der Waals surface area contributed by atoms with Gasteiger partial charge in [0.15, 0.2) is 0 Å². The summed E-state index contributed by atoms with van der Waals surface area (Å²) in [6, 6.07) is 4.39. The Labute approximate surface area is 87.1 Å². The Morgan fingerprint density at radius 2 is 1.86 bits per heavy atom. The lowest BCUT2D eigenvalue weighted by atomic mass is 10.1. The fourth-order valence-electron chi connectivity index (χ4n) is 1.70. The van der Waals surface area contributed by atoms with E-state index in [9.17, 15) is 0 Å². The van der Waals surface area contributed by atoms with Crippen LogP contribution in [0.25, 0.3) is 0 Å². The van der Waals surface area contributed by atoms with E-state index in [1.54, 1.807) is 0 Å². The molecule has 0 radical (unpaired) electrons. The van der Waals surface area contributed by atoms with Gasteiger partial charge in [-0.3, -0.25) is 0 Å². The van der Waals surface area contributed by atoms with E-state index >= 15 is 0 Å². The summed E-state index contributed by atoms with van der Waals surface area (Å²) in [5.74, 6) is 1.12. The minimum atomic E-state index is 0.861. The van der Waals surface area contributed by atoms with Crippen molar-refractivity contribution in [2.24, 2.45) is 0 Å². The number of benzene rings is 1. The zero-order valence-electron chi connectivity index (χ0n) is 9.68. The first-order chi connectivity index (χ1) is 6.69. The van der Waals surface area contributed by atoms with Crippen LogP contribution in [0.3, 0.4) is 0 Å². The van der Waals surface area contributed by atoms with Crippen LogP contribution in [0.4, 0.5) is 0 Å². The van der Waals surface area contributed by atoms with Crippen molar-refractivity contribution in [3.63, 3.8) is 0 Å². The number of ether oxygens (including phenoxy) is 1. The van der Waals surface area contributed by atoms with Crippen LogP contribution in [0.15, 0.2) is 12.1 Å². The molecule has 0 aliphatic carbocycles. The average molecular weight is 192 g/mol. The molecule has 14 heavy (non-hydrogen) atoms. The number of fused-ring (bicyclic) bond motifs is 1. The largest absolute Gasteiger partial charge is 0.493 e. The molecule has 1 aromatic carbocycles. The van der Waals surface area contributed by atoms with E-state index in [0.717, 1.165) is 18.8 Å². The second-order valence-electron chi connectivity index (χ2n) is 3.88.